The zero-order chi connectivity index (χ0) is 20.6. The van der Waals surface area contributed by atoms with E-state index in [0.29, 0.717) is 31.5 Å². The molecule has 3 rings (SSSR count). The van der Waals surface area contributed by atoms with Gasteiger partial charge in [0.05, 0.1) is 19.3 Å². The van der Waals surface area contributed by atoms with Crippen molar-refractivity contribution in [3.63, 3.8) is 0 Å². The molecule has 160 valence electrons. The quantitative estimate of drug-likeness (QED) is 0.591. The second kappa shape index (κ2) is 10.7. The highest BCUT2D eigenvalue weighted by Crippen LogP contribution is 2.33. The van der Waals surface area contributed by atoms with Crippen LogP contribution in [0, 0.1) is 11.8 Å². The molecule has 1 aromatic rings. The molecule has 0 bridgehead atoms. The number of nitrogens with one attached hydrogen (secondary N) is 2. The van der Waals surface area contributed by atoms with E-state index < -0.39 is 0 Å². The number of nitrogens with zero attached hydrogens (tertiary/aromatic N) is 2. The Labute approximate surface area is 176 Å². The Morgan fingerprint density at radius 1 is 1.21 bits per heavy atom. The van der Waals surface area contributed by atoms with Gasteiger partial charge in [-0.25, -0.2) is 9.97 Å². The van der Waals surface area contributed by atoms with Gasteiger partial charge in [-0.2, -0.15) is 0 Å². The molecule has 1 aromatic heterocycles. The van der Waals surface area contributed by atoms with Gasteiger partial charge in [0.15, 0.2) is 5.82 Å². The third kappa shape index (κ3) is 6.54. The van der Waals surface area contributed by atoms with E-state index in [1.165, 1.54) is 19.7 Å². The minimum Gasteiger partial charge on any atom is -0.476 e. The monoisotopic (exact) mass is 424 g/mol. The Kier molecular flexibility index (Phi) is 8.06. The first kappa shape index (κ1) is 21.8. The van der Waals surface area contributed by atoms with Crippen LogP contribution in [0.5, 0.6) is 5.88 Å². The third-order valence-electron chi connectivity index (χ3n) is 5.45. The fraction of sp³-hybridized carbons (Fsp3) is 0.700. The number of carbonyl (C=O) groups is 2. The van der Waals surface area contributed by atoms with E-state index in [0.717, 1.165) is 38.5 Å². The molecule has 0 aromatic carbocycles. The molecule has 2 fully saturated rings. The van der Waals surface area contributed by atoms with Gasteiger partial charge in [-0.3, -0.25) is 9.59 Å². The van der Waals surface area contributed by atoms with Crippen LogP contribution in [0.25, 0.3) is 0 Å². The SMILES string of the molecule is CC(=O)NCCOC1CC(COc2ncnc(NC(=O)C3CCCCC3)c2Cl)C1. The Balaban J connectivity index is 1.40. The molecule has 2 saturated carbocycles. The van der Waals surface area contributed by atoms with Gasteiger partial charge in [0.2, 0.25) is 17.7 Å². The summed E-state index contributed by atoms with van der Waals surface area (Å²) in [6.07, 6.45) is 8.53. The summed E-state index contributed by atoms with van der Waals surface area (Å²) in [6.45, 7) is 3.01. The number of rotatable bonds is 9. The first-order valence-electron chi connectivity index (χ1n) is 10.3. The van der Waals surface area contributed by atoms with Crippen LogP contribution < -0.4 is 15.4 Å². The van der Waals surface area contributed by atoms with Crippen molar-refractivity contribution in [1.82, 2.24) is 15.3 Å². The number of amides is 2. The molecule has 8 nitrogen and oxygen atoms in total. The lowest BCUT2D eigenvalue weighted by Gasteiger charge is -2.34. The number of hydrogen-bond donors (Lipinski definition) is 2. The maximum absolute atomic E-state index is 12.4. The van der Waals surface area contributed by atoms with Crippen LogP contribution in [-0.2, 0) is 14.3 Å². The van der Waals surface area contributed by atoms with Gasteiger partial charge in [0.1, 0.15) is 11.3 Å². The van der Waals surface area contributed by atoms with Crippen molar-refractivity contribution in [2.24, 2.45) is 11.8 Å². The van der Waals surface area contributed by atoms with Gasteiger partial charge in [-0.1, -0.05) is 30.9 Å². The Morgan fingerprint density at radius 3 is 2.69 bits per heavy atom. The summed E-state index contributed by atoms with van der Waals surface area (Å²) in [5, 5.41) is 5.77. The average Bonchev–Trinajstić information content (AvgIpc) is 2.68. The summed E-state index contributed by atoms with van der Waals surface area (Å²) in [5.41, 5.74) is 0. The number of ether oxygens (including phenoxy) is 2. The van der Waals surface area contributed by atoms with E-state index in [2.05, 4.69) is 20.6 Å². The molecule has 0 saturated heterocycles. The topological polar surface area (TPSA) is 102 Å². The summed E-state index contributed by atoms with van der Waals surface area (Å²) < 4.78 is 11.5. The standard InChI is InChI=1S/C20H29ClN4O4/c1-13(26)22-7-8-28-16-9-14(10-16)11-29-20-17(21)18(23-12-24-20)25-19(27)15-5-3-2-4-6-15/h12,14-16H,2-11H2,1H3,(H,22,26)(H,23,24,25,27). The van der Waals surface area contributed by atoms with Crippen molar-refractivity contribution in [2.75, 3.05) is 25.1 Å². The average molecular weight is 425 g/mol. The highest BCUT2D eigenvalue weighted by atomic mass is 35.5. The van der Waals surface area contributed by atoms with E-state index in [-0.39, 0.29) is 34.7 Å². The van der Waals surface area contributed by atoms with Gasteiger partial charge in [0.25, 0.3) is 0 Å². The molecular weight excluding hydrogens is 396 g/mol. The normalized spacial score (nSPS) is 21.9. The maximum atomic E-state index is 12.4. The fourth-order valence-corrected chi connectivity index (χ4v) is 3.92. The molecule has 1 heterocycles. The smallest absolute Gasteiger partial charge is 0.237 e. The summed E-state index contributed by atoms with van der Waals surface area (Å²) in [6, 6.07) is 0. The van der Waals surface area contributed by atoms with Gasteiger partial charge in [-0.15, -0.1) is 0 Å². The molecule has 0 unspecified atom stereocenters. The Morgan fingerprint density at radius 2 is 1.97 bits per heavy atom. The minimum atomic E-state index is -0.0514. The largest absolute Gasteiger partial charge is 0.476 e. The molecule has 9 heteroatoms. The lowest BCUT2D eigenvalue weighted by molar-refractivity contribution is -0.121. The zero-order valence-electron chi connectivity index (χ0n) is 16.8. The molecule has 2 aliphatic carbocycles. The molecule has 29 heavy (non-hydrogen) atoms. The predicted octanol–water partition coefficient (Wildman–Crippen LogP) is 2.96. The van der Waals surface area contributed by atoms with Crippen molar-refractivity contribution >= 4 is 29.2 Å². The minimum absolute atomic E-state index is 0.0247. The summed E-state index contributed by atoms with van der Waals surface area (Å²) in [5.74, 6) is 0.901. The van der Waals surface area contributed by atoms with Crippen LogP contribution in [0.4, 0.5) is 5.82 Å². The highest BCUT2D eigenvalue weighted by Gasteiger charge is 2.31. The maximum Gasteiger partial charge on any atom is 0.237 e. The van der Waals surface area contributed by atoms with Gasteiger partial charge < -0.3 is 20.1 Å². The molecule has 2 N–H and O–H groups in total. The summed E-state index contributed by atoms with van der Waals surface area (Å²) >= 11 is 6.35. The number of halogens is 1. The number of hydrogen-bond acceptors (Lipinski definition) is 6. The van der Waals surface area contributed by atoms with Crippen molar-refractivity contribution < 1.29 is 19.1 Å². The van der Waals surface area contributed by atoms with E-state index in [1.54, 1.807) is 0 Å². The molecule has 0 atom stereocenters. The predicted molar refractivity (Wildman–Crippen MR) is 109 cm³/mol. The van der Waals surface area contributed by atoms with Crippen LogP contribution in [-0.4, -0.2) is 47.6 Å². The van der Waals surface area contributed by atoms with E-state index in [9.17, 15) is 9.59 Å². The molecule has 0 aliphatic heterocycles. The van der Waals surface area contributed by atoms with Crippen molar-refractivity contribution in [3.05, 3.63) is 11.3 Å². The van der Waals surface area contributed by atoms with Crippen LogP contribution in [0.3, 0.4) is 0 Å². The molecule has 0 spiro atoms. The number of carbonyl (C=O) groups excluding carboxylic acids is 2. The second-order valence-corrected chi connectivity index (χ2v) is 8.17. The fourth-order valence-electron chi connectivity index (χ4n) is 3.72. The van der Waals surface area contributed by atoms with Crippen LogP contribution in [0.15, 0.2) is 6.33 Å². The van der Waals surface area contributed by atoms with Gasteiger partial charge in [0, 0.05) is 19.4 Å². The number of aromatic nitrogens is 2. The highest BCUT2D eigenvalue weighted by molar-refractivity contribution is 6.34. The van der Waals surface area contributed by atoms with Crippen molar-refractivity contribution in [2.45, 2.75) is 58.0 Å². The Bertz CT molecular complexity index is 706. The second-order valence-electron chi connectivity index (χ2n) is 7.79. The summed E-state index contributed by atoms with van der Waals surface area (Å²) in [4.78, 5) is 31.4. The van der Waals surface area contributed by atoms with Crippen LogP contribution in [0.1, 0.15) is 51.9 Å². The van der Waals surface area contributed by atoms with Crippen LogP contribution in [0.2, 0.25) is 5.02 Å². The van der Waals surface area contributed by atoms with Gasteiger partial charge in [-0.05, 0) is 31.6 Å². The van der Waals surface area contributed by atoms with Crippen LogP contribution >= 0.6 is 11.6 Å². The van der Waals surface area contributed by atoms with E-state index in [4.69, 9.17) is 21.1 Å². The van der Waals surface area contributed by atoms with Gasteiger partial charge >= 0.3 is 0 Å². The zero-order valence-corrected chi connectivity index (χ0v) is 17.5. The molecule has 2 amide bonds. The van der Waals surface area contributed by atoms with E-state index in [1.807, 2.05) is 0 Å². The molecular formula is C20H29ClN4O4. The van der Waals surface area contributed by atoms with Crippen molar-refractivity contribution in [3.8, 4) is 5.88 Å². The number of anilines is 1. The first-order chi connectivity index (χ1) is 14.0. The Hall–Kier alpha value is -1.93. The lowest BCUT2D eigenvalue weighted by atomic mass is 9.83. The lowest BCUT2D eigenvalue weighted by Crippen LogP contribution is -2.37. The summed E-state index contributed by atoms with van der Waals surface area (Å²) in [7, 11) is 0. The third-order valence-corrected chi connectivity index (χ3v) is 5.79. The van der Waals surface area contributed by atoms with Crippen molar-refractivity contribution in [1.29, 1.82) is 0 Å². The molecule has 2 aliphatic rings. The first-order valence-corrected chi connectivity index (χ1v) is 10.7. The van der Waals surface area contributed by atoms with E-state index >= 15 is 0 Å². The molecule has 0 radical (unpaired) electrons.